The lowest BCUT2D eigenvalue weighted by Crippen LogP contribution is -2.44. The maximum absolute atomic E-state index is 12.5. The van der Waals surface area contributed by atoms with Crippen molar-refractivity contribution < 1.29 is 23.9 Å². The van der Waals surface area contributed by atoms with Crippen molar-refractivity contribution in [1.29, 1.82) is 0 Å². The molecule has 0 aliphatic carbocycles. The third kappa shape index (κ3) is 5.09. The molecule has 0 bridgehead atoms. The van der Waals surface area contributed by atoms with Crippen molar-refractivity contribution in [2.45, 2.75) is 46.1 Å². The largest absolute Gasteiger partial charge is 0.497 e. The minimum Gasteiger partial charge on any atom is -0.497 e. The number of methoxy groups -OCH3 is 1. The summed E-state index contributed by atoms with van der Waals surface area (Å²) in [6.07, 6.45) is 2.85. The Balaban J connectivity index is 1.98. The van der Waals surface area contributed by atoms with Crippen LogP contribution in [0.4, 0.5) is 10.5 Å². The first-order valence-corrected chi connectivity index (χ1v) is 9.38. The number of imide groups is 2. The maximum atomic E-state index is 12.5. The van der Waals surface area contributed by atoms with Crippen molar-refractivity contribution >= 4 is 29.4 Å². The molecule has 1 aliphatic rings. The number of nitrogens with zero attached hydrogens (tertiary/aromatic N) is 2. The Labute approximate surface area is 164 Å². The van der Waals surface area contributed by atoms with Gasteiger partial charge in [-0.2, -0.15) is 0 Å². The van der Waals surface area contributed by atoms with Crippen LogP contribution in [0.1, 0.15) is 40.0 Å². The van der Waals surface area contributed by atoms with E-state index in [2.05, 4.69) is 19.2 Å². The predicted octanol–water partition coefficient (Wildman–Crippen LogP) is 2.32. The van der Waals surface area contributed by atoms with E-state index in [9.17, 15) is 19.2 Å². The SMILES string of the molecule is COc1ccc(N2C(=O)C(=O)N(CC(=O)N[C@H](C)CCCC(C)C)C2=O)cc1. The normalized spacial score (nSPS) is 15.4. The molecule has 0 radical (unpaired) electrons. The smallest absolute Gasteiger partial charge is 0.339 e. The quantitative estimate of drug-likeness (QED) is 0.516. The minimum absolute atomic E-state index is 0.0764. The highest BCUT2D eigenvalue weighted by Gasteiger charge is 2.46. The lowest BCUT2D eigenvalue weighted by molar-refractivity contribution is -0.140. The number of ether oxygens (including phenoxy) is 1. The van der Waals surface area contributed by atoms with Crippen LogP contribution >= 0.6 is 0 Å². The fraction of sp³-hybridized carbons (Fsp3) is 0.500. The van der Waals surface area contributed by atoms with Gasteiger partial charge < -0.3 is 10.1 Å². The van der Waals surface area contributed by atoms with Crippen molar-refractivity contribution in [3.05, 3.63) is 24.3 Å². The Morgan fingerprint density at radius 3 is 2.25 bits per heavy atom. The average Bonchev–Trinajstić information content (AvgIpc) is 2.85. The molecular weight excluding hydrogens is 362 g/mol. The molecule has 1 heterocycles. The summed E-state index contributed by atoms with van der Waals surface area (Å²) >= 11 is 0. The fourth-order valence-corrected chi connectivity index (χ4v) is 2.97. The molecule has 0 spiro atoms. The van der Waals surface area contributed by atoms with Gasteiger partial charge in [-0.1, -0.05) is 26.7 Å². The van der Waals surface area contributed by atoms with E-state index in [-0.39, 0.29) is 11.7 Å². The van der Waals surface area contributed by atoms with E-state index < -0.39 is 30.3 Å². The van der Waals surface area contributed by atoms with Gasteiger partial charge in [-0.3, -0.25) is 14.4 Å². The Kier molecular flexibility index (Phi) is 7.14. The van der Waals surface area contributed by atoms with Crippen LogP contribution in [0.2, 0.25) is 0 Å². The van der Waals surface area contributed by atoms with Crippen LogP contribution in [0.5, 0.6) is 5.75 Å². The molecule has 0 saturated carbocycles. The van der Waals surface area contributed by atoms with E-state index in [4.69, 9.17) is 4.74 Å². The molecule has 1 atom stereocenters. The molecule has 5 amide bonds. The van der Waals surface area contributed by atoms with Crippen molar-refractivity contribution in [2.24, 2.45) is 5.92 Å². The van der Waals surface area contributed by atoms with Crippen molar-refractivity contribution in [1.82, 2.24) is 10.2 Å². The fourth-order valence-electron chi connectivity index (χ4n) is 2.97. The molecule has 1 fully saturated rings. The van der Waals surface area contributed by atoms with Gasteiger partial charge in [0, 0.05) is 6.04 Å². The highest BCUT2D eigenvalue weighted by Crippen LogP contribution is 2.24. The standard InChI is InChI=1S/C20H27N3O5/c1-13(2)6-5-7-14(3)21-17(24)12-22-18(25)19(26)23(20(22)27)15-8-10-16(28-4)11-9-15/h8-11,13-14H,5-7,12H2,1-4H3,(H,21,24)/t14-/m1/s1. The second-order valence-corrected chi connectivity index (χ2v) is 7.31. The van der Waals surface area contributed by atoms with Gasteiger partial charge in [-0.05, 0) is 43.5 Å². The number of amides is 5. The minimum atomic E-state index is -1.01. The van der Waals surface area contributed by atoms with E-state index in [0.717, 1.165) is 24.2 Å². The Morgan fingerprint density at radius 1 is 1.04 bits per heavy atom. The number of rotatable bonds is 9. The number of anilines is 1. The van der Waals surface area contributed by atoms with E-state index in [1.165, 1.54) is 19.2 Å². The van der Waals surface area contributed by atoms with E-state index >= 15 is 0 Å². The summed E-state index contributed by atoms with van der Waals surface area (Å²) < 4.78 is 5.04. The van der Waals surface area contributed by atoms with Gasteiger partial charge in [-0.15, -0.1) is 0 Å². The van der Waals surface area contributed by atoms with E-state index in [1.54, 1.807) is 12.1 Å². The van der Waals surface area contributed by atoms with Crippen LogP contribution in [0.3, 0.4) is 0 Å². The molecule has 1 N–H and O–H groups in total. The molecule has 1 aliphatic heterocycles. The molecule has 8 nitrogen and oxygen atoms in total. The summed E-state index contributed by atoms with van der Waals surface area (Å²) in [5.41, 5.74) is 0.245. The number of benzene rings is 1. The highest BCUT2D eigenvalue weighted by molar-refractivity contribution is 6.53. The summed E-state index contributed by atoms with van der Waals surface area (Å²) in [7, 11) is 1.49. The number of carbonyl (C=O) groups is 4. The number of hydrogen-bond acceptors (Lipinski definition) is 5. The Morgan fingerprint density at radius 2 is 1.68 bits per heavy atom. The third-order valence-electron chi connectivity index (χ3n) is 4.51. The number of hydrogen-bond donors (Lipinski definition) is 1. The van der Waals surface area contributed by atoms with E-state index in [1.807, 2.05) is 6.92 Å². The first-order valence-electron chi connectivity index (χ1n) is 9.38. The highest BCUT2D eigenvalue weighted by atomic mass is 16.5. The molecule has 8 heteroatoms. The van der Waals surface area contributed by atoms with Gasteiger partial charge in [0.2, 0.25) is 5.91 Å². The van der Waals surface area contributed by atoms with Crippen LogP contribution in [-0.4, -0.2) is 48.3 Å². The van der Waals surface area contributed by atoms with Gasteiger partial charge in [-0.25, -0.2) is 14.6 Å². The summed E-state index contributed by atoms with van der Waals surface area (Å²) in [5.74, 6) is -1.31. The molecule has 1 aromatic rings. The monoisotopic (exact) mass is 389 g/mol. The lowest BCUT2D eigenvalue weighted by Gasteiger charge is -2.18. The molecular formula is C20H27N3O5. The molecule has 28 heavy (non-hydrogen) atoms. The van der Waals surface area contributed by atoms with Crippen LogP contribution < -0.4 is 15.0 Å². The first-order chi connectivity index (χ1) is 13.2. The molecule has 1 aromatic carbocycles. The second-order valence-electron chi connectivity index (χ2n) is 7.31. The molecule has 2 rings (SSSR count). The van der Waals surface area contributed by atoms with Crippen LogP contribution in [0.25, 0.3) is 0 Å². The van der Waals surface area contributed by atoms with Gasteiger partial charge in [0.25, 0.3) is 0 Å². The third-order valence-corrected chi connectivity index (χ3v) is 4.51. The Hall–Kier alpha value is -2.90. The number of nitrogens with one attached hydrogen (secondary N) is 1. The summed E-state index contributed by atoms with van der Waals surface area (Å²) in [6.45, 7) is 5.67. The van der Waals surface area contributed by atoms with Crippen molar-refractivity contribution in [3.63, 3.8) is 0 Å². The average molecular weight is 389 g/mol. The predicted molar refractivity (Wildman–Crippen MR) is 104 cm³/mol. The first kappa shape index (κ1) is 21.4. The van der Waals surface area contributed by atoms with Crippen LogP contribution in [-0.2, 0) is 14.4 Å². The maximum Gasteiger partial charge on any atom is 0.339 e. The van der Waals surface area contributed by atoms with Crippen LogP contribution in [0.15, 0.2) is 24.3 Å². The molecule has 0 aromatic heterocycles. The zero-order chi connectivity index (χ0) is 20.8. The second kappa shape index (κ2) is 9.34. The summed E-state index contributed by atoms with van der Waals surface area (Å²) in [4.78, 5) is 50.7. The zero-order valence-corrected chi connectivity index (χ0v) is 16.7. The Bertz CT molecular complexity index is 745. The van der Waals surface area contributed by atoms with Gasteiger partial charge in [0.15, 0.2) is 0 Å². The molecule has 152 valence electrons. The van der Waals surface area contributed by atoms with Crippen molar-refractivity contribution in [2.75, 3.05) is 18.6 Å². The van der Waals surface area contributed by atoms with Crippen molar-refractivity contribution in [3.8, 4) is 5.75 Å². The summed E-state index contributed by atoms with van der Waals surface area (Å²) in [5, 5.41) is 2.77. The van der Waals surface area contributed by atoms with Gasteiger partial charge >= 0.3 is 17.8 Å². The summed E-state index contributed by atoms with van der Waals surface area (Å²) in [6, 6.07) is 5.25. The number of carbonyl (C=O) groups excluding carboxylic acids is 4. The molecule has 0 unspecified atom stereocenters. The van der Waals surface area contributed by atoms with Gasteiger partial charge in [0.05, 0.1) is 12.8 Å². The topological polar surface area (TPSA) is 96.0 Å². The zero-order valence-electron chi connectivity index (χ0n) is 16.7. The lowest BCUT2D eigenvalue weighted by atomic mass is 10.0. The molecule has 1 saturated heterocycles. The van der Waals surface area contributed by atoms with Gasteiger partial charge in [0.1, 0.15) is 12.3 Å². The van der Waals surface area contributed by atoms with Crippen LogP contribution in [0, 0.1) is 5.92 Å². The van der Waals surface area contributed by atoms with E-state index in [0.29, 0.717) is 16.6 Å². The number of urea groups is 1.